The molecule has 2 aromatic heterocycles. The van der Waals surface area contributed by atoms with Crippen molar-refractivity contribution in [3.05, 3.63) is 20.4 Å². The summed E-state index contributed by atoms with van der Waals surface area (Å²) in [5.74, 6) is 0. The molecule has 12 heavy (non-hydrogen) atoms. The van der Waals surface area contributed by atoms with Gasteiger partial charge in [0.25, 0.3) is 0 Å². The lowest BCUT2D eigenvalue weighted by Crippen LogP contribution is -2.23. The monoisotopic (exact) mass is 160 g/mol. The van der Waals surface area contributed by atoms with Crippen molar-refractivity contribution in [2.45, 2.75) is 0 Å². The fourth-order valence-electron chi connectivity index (χ4n) is 1.14. The Morgan fingerprint density at radius 3 is 1.00 bits per heavy atom. The SMILES string of the molecule is O=c1c2nnc2c(=O)c2nnc12. The molecular formula is C6N4O2. The molecule has 0 aliphatic carbocycles. The van der Waals surface area contributed by atoms with Gasteiger partial charge in [0.15, 0.2) is 22.1 Å². The van der Waals surface area contributed by atoms with E-state index in [0.717, 1.165) is 0 Å². The molecule has 0 radical (unpaired) electrons. The van der Waals surface area contributed by atoms with Crippen LogP contribution < -0.4 is 10.9 Å². The first-order valence-electron chi connectivity index (χ1n) is 3.20. The third-order valence-electron chi connectivity index (χ3n) is 1.81. The van der Waals surface area contributed by atoms with Crippen molar-refractivity contribution < 1.29 is 0 Å². The van der Waals surface area contributed by atoms with Crippen molar-refractivity contribution >= 4 is 22.1 Å². The number of nitrogens with zero attached hydrogens (tertiary/aromatic N) is 4. The maximum atomic E-state index is 11.2. The molecule has 6 nitrogen and oxygen atoms in total. The van der Waals surface area contributed by atoms with Gasteiger partial charge in [0.1, 0.15) is 0 Å². The fourth-order valence-corrected chi connectivity index (χ4v) is 1.14. The van der Waals surface area contributed by atoms with Crippen molar-refractivity contribution in [1.29, 1.82) is 0 Å². The third kappa shape index (κ3) is 0.385. The van der Waals surface area contributed by atoms with Gasteiger partial charge in [0, 0.05) is 0 Å². The van der Waals surface area contributed by atoms with E-state index in [9.17, 15) is 9.59 Å². The van der Waals surface area contributed by atoms with Gasteiger partial charge in [0.2, 0.25) is 10.9 Å². The second-order valence-corrected chi connectivity index (χ2v) is 2.45. The summed E-state index contributed by atoms with van der Waals surface area (Å²) in [6.45, 7) is 0. The van der Waals surface area contributed by atoms with E-state index in [4.69, 9.17) is 0 Å². The summed E-state index contributed by atoms with van der Waals surface area (Å²) in [5, 5.41) is 13.8. The topological polar surface area (TPSA) is 85.7 Å². The zero-order valence-electron chi connectivity index (χ0n) is 5.61. The molecule has 56 valence electrons. The molecule has 6 heteroatoms. The summed E-state index contributed by atoms with van der Waals surface area (Å²) in [6, 6.07) is 0. The van der Waals surface area contributed by atoms with Crippen LogP contribution in [0.2, 0.25) is 0 Å². The molecule has 0 bridgehead atoms. The Morgan fingerprint density at radius 2 is 0.833 bits per heavy atom. The molecule has 1 aromatic carbocycles. The molecular weight excluding hydrogens is 160 g/mol. The van der Waals surface area contributed by atoms with E-state index in [1.165, 1.54) is 0 Å². The van der Waals surface area contributed by atoms with Crippen molar-refractivity contribution in [2.75, 3.05) is 0 Å². The Morgan fingerprint density at radius 1 is 0.583 bits per heavy atom. The minimum Gasteiger partial charge on any atom is -0.285 e. The summed E-state index contributed by atoms with van der Waals surface area (Å²) >= 11 is 0. The molecule has 0 N–H and O–H groups in total. The van der Waals surface area contributed by atoms with E-state index in [0.29, 0.717) is 0 Å². The van der Waals surface area contributed by atoms with Gasteiger partial charge < -0.3 is 0 Å². The number of rotatable bonds is 0. The van der Waals surface area contributed by atoms with Crippen LogP contribution in [0.3, 0.4) is 0 Å². The molecule has 3 rings (SSSR count). The van der Waals surface area contributed by atoms with Gasteiger partial charge in [-0.2, -0.15) is 0 Å². The van der Waals surface area contributed by atoms with Gasteiger partial charge in [-0.3, -0.25) is 9.59 Å². The highest BCUT2D eigenvalue weighted by Crippen LogP contribution is 2.06. The number of benzene rings is 1. The molecule has 0 atom stereocenters. The van der Waals surface area contributed by atoms with E-state index in [-0.39, 0.29) is 32.9 Å². The lowest BCUT2D eigenvalue weighted by molar-refractivity contribution is 1.02. The molecule has 0 saturated carbocycles. The fraction of sp³-hybridized carbons (Fsp3) is 0. The Bertz CT molecular complexity index is 542. The van der Waals surface area contributed by atoms with Gasteiger partial charge >= 0.3 is 0 Å². The Hall–Kier alpha value is -1.98. The maximum Gasteiger partial charge on any atom is 0.238 e. The highest BCUT2D eigenvalue weighted by Gasteiger charge is 2.19. The van der Waals surface area contributed by atoms with E-state index in [2.05, 4.69) is 20.4 Å². The molecule has 3 aromatic rings. The number of aromatic nitrogens is 4. The van der Waals surface area contributed by atoms with Crippen LogP contribution in [-0.4, -0.2) is 20.4 Å². The highest BCUT2D eigenvalue weighted by molar-refractivity contribution is 5.91. The normalized spacial score (nSPS) is 12.0. The minimum atomic E-state index is -0.343. The van der Waals surface area contributed by atoms with Crippen LogP contribution in [0.1, 0.15) is 0 Å². The zero-order valence-corrected chi connectivity index (χ0v) is 5.61. The van der Waals surface area contributed by atoms with E-state index >= 15 is 0 Å². The second-order valence-electron chi connectivity index (χ2n) is 2.45. The van der Waals surface area contributed by atoms with Crippen LogP contribution in [0.25, 0.3) is 22.1 Å². The van der Waals surface area contributed by atoms with Gasteiger partial charge in [-0.1, -0.05) is 0 Å². The summed E-state index contributed by atoms with van der Waals surface area (Å²) < 4.78 is 0. The first-order valence-corrected chi connectivity index (χ1v) is 3.20. The van der Waals surface area contributed by atoms with Gasteiger partial charge in [-0.15, -0.1) is 20.4 Å². The minimum absolute atomic E-state index is 0.123. The second kappa shape index (κ2) is 1.45. The summed E-state index contributed by atoms with van der Waals surface area (Å²) in [6.07, 6.45) is 0. The molecule has 0 aliphatic rings. The Balaban J connectivity index is 2.83. The largest absolute Gasteiger partial charge is 0.285 e. The highest BCUT2D eigenvalue weighted by atomic mass is 16.1. The van der Waals surface area contributed by atoms with Crippen LogP contribution in [-0.2, 0) is 0 Å². The van der Waals surface area contributed by atoms with Gasteiger partial charge in [-0.05, 0) is 0 Å². The maximum absolute atomic E-state index is 11.2. The summed E-state index contributed by atoms with van der Waals surface area (Å²) in [4.78, 5) is 22.4. The zero-order chi connectivity index (χ0) is 8.29. The molecule has 0 amide bonds. The predicted octanol–water partition coefficient (Wildman–Crippen LogP) is -1.39. The Kier molecular flexibility index (Phi) is 0.681. The van der Waals surface area contributed by atoms with Gasteiger partial charge in [-0.25, -0.2) is 0 Å². The van der Waals surface area contributed by atoms with Crippen molar-refractivity contribution in [1.82, 2.24) is 20.4 Å². The molecule has 2 heterocycles. The lowest BCUT2D eigenvalue weighted by Gasteiger charge is -1.99. The van der Waals surface area contributed by atoms with Gasteiger partial charge in [0.05, 0.1) is 0 Å². The predicted molar refractivity (Wildman–Crippen MR) is 38.7 cm³/mol. The number of hydrogen-bond donors (Lipinski definition) is 0. The molecule has 0 fully saturated rings. The van der Waals surface area contributed by atoms with E-state index in [1.54, 1.807) is 0 Å². The van der Waals surface area contributed by atoms with Crippen LogP contribution in [0.5, 0.6) is 0 Å². The van der Waals surface area contributed by atoms with Crippen molar-refractivity contribution in [3.63, 3.8) is 0 Å². The van der Waals surface area contributed by atoms with Crippen LogP contribution >= 0.6 is 0 Å². The molecule has 0 unspecified atom stereocenters. The first kappa shape index (κ1) is 5.64. The smallest absolute Gasteiger partial charge is 0.238 e. The molecule has 0 aliphatic heterocycles. The van der Waals surface area contributed by atoms with Crippen LogP contribution in [0, 0.1) is 0 Å². The van der Waals surface area contributed by atoms with Crippen molar-refractivity contribution in [3.8, 4) is 0 Å². The summed E-state index contributed by atoms with van der Waals surface area (Å²) in [7, 11) is 0. The van der Waals surface area contributed by atoms with E-state index in [1.807, 2.05) is 0 Å². The standard InChI is InChI=1S/C6N4O2/c11-5-1-2(8-7-1)6(12)4-3(5)9-10-4. The lowest BCUT2D eigenvalue weighted by atomic mass is 10.2. The van der Waals surface area contributed by atoms with E-state index < -0.39 is 0 Å². The average Bonchev–Trinajstić information content (AvgIpc) is 1.78. The number of hydrogen-bond acceptors (Lipinski definition) is 6. The quantitative estimate of drug-likeness (QED) is 0.402. The molecule has 0 spiro atoms. The average molecular weight is 160 g/mol. The third-order valence-corrected chi connectivity index (χ3v) is 1.81. The summed E-state index contributed by atoms with van der Waals surface area (Å²) in [5.41, 5.74) is -0.196. The van der Waals surface area contributed by atoms with Crippen LogP contribution in [0.15, 0.2) is 9.59 Å². The Labute approximate surface area is 63.9 Å². The molecule has 0 saturated heterocycles. The van der Waals surface area contributed by atoms with Crippen molar-refractivity contribution in [2.24, 2.45) is 0 Å². The first-order chi connectivity index (χ1) is 5.79. The number of fused-ring (bicyclic) bond motifs is 2. The van der Waals surface area contributed by atoms with Crippen LogP contribution in [0.4, 0.5) is 0 Å².